The van der Waals surface area contributed by atoms with Crippen molar-refractivity contribution in [2.45, 2.75) is 38.4 Å². The maximum Gasteiger partial charge on any atom is 0.392 e. The minimum absolute atomic E-state index is 0.183. The second-order valence-electron chi connectivity index (χ2n) is 3.88. The maximum atomic E-state index is 12.1. The van der Waals surface area contributed by atoms with Gasteiger partial charge in [0.25, 0.3) is 0 Å². The van der Waals surface area contributed by atoms with E-state index in [1.807, 2.05) is 0 Å². The molecule has 1 amide bonds. The molecule has 1 rings (SSSR count). The molecule has 0 aromatic heterocycles. The van der Waals surface area contributed by atoms with Crippen molar-refractivity contribution < 1.29 is 18.0 Å². The maximum absolute atomic E-state index is 12.1. The predicted octanol–water partition coefficient (Wildman–Crippen LogP) is 2.20. The van der Waals surface area contributed by atoms with Crippen LogP contribution in [-0.2, 0) is 4.79 Å². The fourth-order valence-corrected chi connectivity index (χ4v) is 1.19. The predicted molar refractivity (Wildman–Crippen MR) is 45.6 cm³/mol. The molecular formula is C9H14F3NO. The number of halogens is 3. The molecular weight excluding hydrogens is 195 g/mol. The molecule has 0 aliphatic heterocycles. The van der Waals surface area contributed by atoms with Crippen LogP contribution in [0.25, 0.3) is 0 Å². The normalized spacial score (nSPS) is 19.2. The van der Waals surface area contributed by atoms with Gasteiger partial charge in [-0.25, -0.2) is 0 Å². The van der Waals surface area contributed by atoms with Crippen molar-refractivity contribution >= 4 is 5.91 Å². The third kappa shape index (κ3) is 2.89. The van der Waals surface area contributed by atoms with Crippen LogP contribution in [0.3, 0.4) is 0 Å². The molecule has 0 radical (unpaired) electrons. The van der Waals surface area contributed by atoms with Gasteiger partial charge in [-0.2, -0.15) is 13.2 Å². The summed E-state index contributed by atoms with van der Waals surface area (Å²) in [5, 5.41) is 0. The van der Waals surface area contributed by atoms with Gasteiger partial charge in [0, 0.05) is 19.5 Å². The van der Waals surface area contributed by atoms with Gasteiger partial charge in [-0.3, -0.25) is 4.79 Å². The molecule has 0 bridgehead atoms. The summed E-state index contributed by atoms with van der Waals surface area (Å²) < 4.78 is 36.4. The van der Waals surface area contributed by atoms with Gasteiger partial charge < -0.3 is 4.90 Å². The van der Waals surface area contributed by atoms with Crippen LogP contribution in [0.1, 0.15) is 26.2 Å². The summed E-state index contributed by atoms with van der Waals surface area (Å²) in [6, 6.07) is 0.183. The Bertz CT molecular complexity index is 223. The summed E-state index contributed by atoms with van der Waals surface area (Å²) in [4.78, 5) is 12.7. The summed E-state index contributed by atoms with van der Waals surface area (Å²) in [5.74, 6) is -1.95. The van der Waals surface area contributed by atoms with E-state index in [4.69, 9.17) is 0 Å². The van der Waals surface area contributed by atoms with Crippen molar-refractivity contribution in [1.82, 2.24) is 4.90 Å². The topological polar surface area (TPSA) is 20.3 Å². The van der Waals surface area contributed by atoms with E-state index in [-0.39, 0.29) is 6.04 Å². The number of rotatable bonds is 3. The van der Waals surface area contributed by atoms with Crippen molar-refractivity contribution in [1.29, 1.82) is 0 Å². The average Bonchev–Trinajstić information content (AvgIpc) is 2.83. The Labute approximate surface area is 81.1 Å². The fraction of sp³-hybridized carbons (Fsp3) is 0.889. The first-order valence-electron chi connectivity index (χ1n) is 4.64. The Kier molecular flexibility index (Phi) is 3.07. The lowest BCUT2D eigenvalue weighted by Crippen LogP contribution is -2.33. The minimum Gasteiger partial charge on any atom is -0.343 e. The van der Waals surface area contributed by atoms with Crippen LogP contribution in [0, 0.1) is 5.92 Å². The summed E-state index contributed by atoms with van der Waals surface area (Å²) >= 11 is 0. The molecule has 14 heavy (non-hydrogen) atoms. The van der Waals surface area contributed by atoms with E-state index < -0.39 is 24.4 Å². The molecule has 0 aromatic carbocycles. The van der Waals surface area contributed by atoms with E-state index >= 15 is 0 Å². The molecule has 5 heteroatoms. The first-order chi connectivity index (χ1) is 6.32. The minimum atomic E-state index is -4.26. The molecule has 1 aliphatic rings. The summed E-state index contributed by atoms with van der Waals surface area (Å²) in [6.07, 6.45) is -2.86. The quantitative estimate of drug-likeness (QED) is 0.697. The molecule has 0 aromatic rings. The van der Waals surface area contributed by atoms with Gasteiger partial charge in [0.2, 0.25) is 5.91 Å². The highest BCUT2D eigenvalue weighted by Crippen LogP contribution is 2.31. The van der Waals surface area contributed by atoms with Crippen LogP contribution < -0.4 is 0 Å². The van der Waals surface area contributed by atoms with E-state index in [0.29, 0.717) is 0 Å². The first kappa shape index (κ1) is 11.3. The van der Waals surface area contributed by atoms with Crippen molar-refractivity contribution in [2.24, 2.45) is 5.92 Å². The van der Waals surface area contributed by atoms with E-state index in [0.717, 1.165) is 19.8 Å². The Morgan fingerprint density at radius 1 is 1.50 bits per heavy atom. The Morgan fingerprint density at radius 2 is 2.00 bits per heavy atom. The number of hydrogen-bond acceptors (Lipinski definition) is 1. The lowest BCUT2D eigenvalue weighted by atomic mass is 10.1. The molecule has 82 valence electrons. The van der Waals surface area contributed by atoms with Crippen molar-refractivity contribution in [2.75, 3.05) is 7.05 Å². The second-order valence-corrected chi connectivity index (χ2v) is 3.88. The Hall–Kier alpha value is -0.740. The molecule has 2 nitrogen and oxygen atoms in total. The zero-order valence-electron chi connectivity index (χ0n) is 8.27. The number of alkyl halides is 3. The second kappa shape index (κ2) is 3.79. The summed E-state index contributed by atoms with van der Waals surface area (Å²) in [5.41, 5.74) is 0. The number of nitrogens with zero attached hydrogens (tertiary/aromatic N) is 1. The number of amides is 1. The highest BCUT2D eigenvalue weighted by atomic mass is 19.4. The van der Waals surface area contributed by atoms with Crippen LogP contribution in [0.15, 0.2) is 0 Å². The molecule has 1 atom stereocenters. The van der Waals surface area contributed by atoms with Gasteiger partial charge in [0.1, 0.15) is 0 Å². The van der Waals surface area contributed by atoms with Gasteiger partial charge in [0.05, 0.1) is 5.92 Å². The molecule has 0 saturated heterocycles. The summed E-state index contributed by atoms with van der Waals surface area (Å²) in [6.45, 7) is 1.04. The smallest absolute Gasteiger partial charge is 0.343 e. The van der Waals surface area contributed by atoms with Gasteiger partial charge in [0.15, 0.2) is 0 Å². The molecule has 0 heterocycles. The lowest BCUT2D eigenvalue weighted by Gasteiger charge is -2.20. The molecule has 1 fully saturated rings. The van der Waals surface area contributed by atoms with Crippen LogP contribution in [0.2, 0.25) is 0 Å². The Morgan fingerprint density at radius 3 is 2.36 bits per heavy atom. The van der Waals surface area contributed by atoms with Crippen LogP contribution in [-0.4, -0.2) is 30.1 Å². The zero-order chi connectivity index (χ0) is 10.9. The van der Waals surface area contributed by atoms with E-state index in [9.17, 15) is 18.0 Å². The SMILES string of the molecule is CC(CC(=O)N(C)C1CC1)C(F)(F)F. The third-order valence-electron chi connectivity index (χ3n) is 2.53. The zero-order valence-corrected chi connectivity index (χ0v) is 8.27. The monoisotopic (exact) mass is 209 g/mol. The molecule has 1 aliphatic carbocycles. The fourth-order valence-electron chi connectivity index (χ4n) is 1.19. The van der Waals surface area contributed by atoms with E-state index in [1.165, 1.54) is 4.90 Å². The summed E-state index contributed by atoms with van der Waals surface area (Å²) in [7, 11) is 1.57. The molecule has 1 unspecified atom stereocenters. The first-order valence-corrected chi connectivity index (χ1v) is 4.64. The van der Waals surface area contributed by atoms with Crippen molar-refractivity contribution in [3.63, 3.8) is 0 Å². The number of carbonyl (C=O) groups excluding carboxylic acids is 1. The molecule has 1 saturated carbocycles. The van der Waals surface area contributed by atoms with Gasteiger partial charge >= 0.3 is 6.18 Å². The van der Waals surface area contributed by atoms with Crippen LogP contribution in [0.4, 0.5) is 13.2 Å². The molecule has 0 N–H and O–H groups in total. The standard InChI is InChI=1S/C9H14F3NO/c1-6(9(10,11)12)5-8(14)13(2)7-3-4-7/h6-7H,3-5H2,1-2H3. The average molecular weight is 209 g/mol. The highest BCUT2D eigenvalue weighted by Gasteiger charge is 2.39. The third-order valence-corrected chi connectivity index (χ3v) is 2.53. The molecule has 0 spiro atoms. The van der Waals surface area contributed by atoms with Gasteiger partial charge in [-0.15, -0.1) is 0 Å². The van der Waals surface area contributed by atoms with Gasteiger partial charge in [-0.1, -0.05) is 6.92 Å². The van der Waals surface area contributed by atoms with E-state index in [1.54, 1.807) is 7.05 Å². The van der Waals surface area contributed by atoms with Crippen molar-refractivity contribution in [3.05, 3.63) is 0 Å². The van der Waals surface area contributed by atoms with E-state index in [2.05, 4.69) is 0 Å². The van der Waals surface area contributed by atoms with Crippen molar-refractivity contribution in [3.8, 4) is 0 Å². The largest absolute Gasteiger partial charge is 0.392 e. The highest BCUT2D eigenvalue weighted by molar-refractivity contribution is 5.76. The van der Waals surface area contributed by atoms with Gasteiger partial charge in [-0.05, 0) is 12.8 Å². The van der Waals surface area contributed by atoms with Crippen LogP contribution in [0.5, 0.6) is 0 Å². The Balaban J connectivity index is 2.39. The lowest BCUT2D eigenvalue weighted by molar-refractivity contribution is -0.176. The number of carbonyl (C=O) groups is 1. The van der Waals surface area contributed by atoms with Crippen LogP contribution >= 0.6 is 0 Å². The number of hydrogen-bond donors (Lipinski definition) is 0.